The first kappa shape index (κ1) is 17.1. The number of nitro groups is 1. The van der Waals surface area contributed by atoms with E-state index in [1.165, 1.54) is 40.9 Å². The minimum absolute atomic E-state index is 0.0319. The van der Waals surface area contributed by atoms with Gasteiger partial charge in [0, 0.05) is 12.1 Å². The molecule has 1 heterocycles. The second-order valence-corrected chi connectivity index (χ2v) is 6.76. The van der Waals surface area contributed by atoms with Gasteiger partial charge in [-0.2, -0.15) is 0 Å². The molecule has 1 amide bonds. The van der Waals surface area contributed by atoms with Gasteiger partial charge in [-0.15, -0.1) is 0 Å². The Morgan fingerprint density at radius 1 is 1.08 bits per heavy atom. The van der Waals surface area contributed by atoms with E-state index in [4.69, 9.17) is 12.2 Å². The number of non-ortho nitro benzene ring substituents is 1. The SMILES string of the molecule is O=C1/C(=C/C=C\c2ccccc2)SC(=S)N1c1ccc([N+](=O)[O-])cc1. The van der Waals surface area contributed by atoms with Crippen molar-refractivity contribution in [2.24, 2.45) is 0 Å². The molecule has 0 spiro atoms. The molecule has 3 rings (SSSR count). The first-order valence-corrected chi connectivity index (χ1v) is 8.53. The molecular weight excluding hydrogens is 356 g/mol. The van der Waals surface area contributed by atoms with Gasteiger partial charge in [0.25, 0.3) is 11.6 Å². The first-order valence-electron chi connectivity index (χ1n) is 7.30. The van der Waals surface area contributed by atoms with Crippen LogP contribution in [-0.4, -0.2) is 15.2 Å². The van der Waals surface area contributed by atoms with E-state index in [0.717, 1.165) is 5.56 Å². The fourth-order valence-corrected chi connectivity index (χ4v) is 3.49. The van der Waals surface area contributed by atoms with Gasteiger partial charge in [-0.3, -0.25) is 19.8 Å². The minimum atomic E-state index is -0.484. The van der Waals surface area contributed by atoms with E-state index in [-0.39, 0.29) is 11.6 Å². The van der Waals surface area contributed by atoms with Crippen LogP contribution in [0.4, 0.5) is 11.4 Å². The van der Waals surface area contributed by atoms with Crippen molar-refractivity contribution < 1.29 is 9.72 Å². The summed E-state index contributed by atoms with van der Waals surface area (Å²) in [6, 6.07) is 15.5. The van der Waals surface area contributed by atoms with Gasteiger partial charge in [0.1, 0.15) is 0 Å². The number of rotatable bonds is 4. The first-order chi connectivity index (χ1) is 12.1. The number of carbonyl (C=O) groups is 1. The number of hydrogen-bond acceptors (Lipinski definition) is 5. The summed E-state index contributed by atoms with van der Waals surface area (Å²) >= 11 is 6.48. The third-order valence-electron chi connectivity index (χ3n) is 3.45. The summed E-state index contributed by atoms with van der Waals surface area (Å²) in [5.74, 6) is -0.235. The zero-order valence-corrected chi connectivity index (χ0v) is 14.5. The van der Waals surface area contributed by atoms with E-state index in [1.54, 1.807) is 12.2 Å². The van der Waals surface area contributed by atoms with Crippen molar-refractivity contribution in [1.29, 1.82) is 0 Å². The van der Waals surface area contributed by atoms with Gasteiger partial charge >= 0.3 is 0 Å². The molecule has 7 heteroatoms. The summed E-state index contributed by atoms with van der Waals surface area (Å²) in [6.45, 7) is 0. The van der Waals surface area contributed by atoms with Gasteiger partial charge in [-0.05, 0) is 23.8 Å². The zero-order valence-electron chi connectivity index (χ0n) is 12.9. The highest BCUT2D eigenvalue weighted by molar-refractivity contribution is 8.27. The molecule has 0 aromatic heterocycles. The van der Waals surface area contributed by atoms with Crippen LogP contribution in [0.3, 0.4) is 0 Å². The summed E-state index contributed by atoms with van der Waals surface area (Å²) in [7, 11) is 0. The maximum atomic E-state index is 12.6. The van der Waals surface area contributed by atoms with Crippen LogP contribution in [0.2, 0.25) is 0 Å². The molecule has 0 N–H and O–H groups in total. The molecular formula is C18H12N2O3S2. The largest absolute Gasteiger partial charge is 0.270 e. The lowest BCUT2D eigenvalue weighted by Crippen LogP contribution is -2.27. The second kappa shape index (κ2) is 7.42. The minimum Gasteiger partial charge on any atom is -0.268 e. The maximum Gasteiger partial charge on any atom is 0.270 e. The Hall–Kier alpha value is -2.77. The average Bonchev–Trinajstić information content (AvgIpc) is 2.90. The molecule has 1 fully saturated rings. The lowest BCUT2D eigenvalue weighted by molar-refractivity contribution is -0.384. The molecule has 0 unspecified atom stereocenters. The van der Waals surface area contributed by atoms with Gasteiger partial charge in [0.15, 0.2) is 4.32 Å². The standard InChI is InChI=1S/C18H12N2O3S2/c21-17-16(8-4-7-13-5-2-1-3-6-13)25-18(24)19(17)14-9-11-15(12-10-14)20(22)23/h1-12H/b7-4-,16-8-. The number of carbonyl (C=O) groups excluding carboxylic acids is 1. The van der Waals surface area contributed by atoms with E-state index in [9.17, 15) is 14.9 Å². The Morgan fingerprint density at radius 3 is 2.40 bits per heavy atom. The number of thiocarbonyl (C=S) groups is 1. The molecule has 1 aliphatic heterocycles. The van der Waals surface area contributed by atoms with Crippen molar-refractivity contribution >= 4 is 51.7 Å². The molecule has 0 saturated carbocycles. The van der Waals surface area contributed by atoms with Crippen LogP contribution in [0.5, 0.6) is 0 Å². The van der Waals surface area contributed by atoms with Gasteiger partial charge in [0.05, 0.1) is 15.5 Å². The Balaban J connectivity index is 1.79. The second-order valence-electron chi connectivity index (χ2n) is 5.08. The number of amides is 1. The van der Waals surface area contributed by atoms with E-state index in [1.807, 2.05) is 36.4 Å². The number of benzene rings is 2. The van der Waals surface area contributed by atoms with E-state index in [2.05, 4.69) is 0 Å². The zero-order chi connectivity index (χ0) is 17.8. The lowest BCUT2D eigenvalue weighted by Gasteiger charge is -2.13. The van der Waals surface area contributed by atoms with Crippen LogP contribution in [-0.2, 0) is 4.79 Å². The Morgan fingerprint density at radius 2 is 1.76 bits per heavy atom. The number of anilines is 1. The molecule has 5 nitrogen and oxygen atoms in total. The van der Waals surface area contributed by atoms with Crippen molar-refractivity contribution in [3.8, 4) is 0 Å². The monoisotopic (exact) mass is 368 g/mol. The molecule has 0 radical (unpaired) electrons. The molecule has 0 aliphatic carbocycles. The quantitative estimate of drug-likeness (QED) is 0.343. The number of nitrogens with zero attached hydrogens (tertiary/aromatic N) is 2. The molecule has 0 bridgehead atoms. The normalized spacial score (nSPS) is 16.2. The van der Waals surface area contributed by atoms with Crippen molar-refractivity contribution in [2.45, 2.75) is 0 Å². The molecule has 25 heavy (non-hydrogen) atoms. The number of thioether (sulfide) groups is 1. The fourth-order valence-electron chi connectivity index (χ4n) is 2.24. The predicted molar refractivity (Wildman–Crippen MR) is 104 cm³/mol. The summed E-state index contributed by atoms with van der Waals surface area (Å²) in [5, 5.41) is 10.7. The van der Waals surface area contributed by atoms with Crippen LogP contribution < -0.4 is 4.90 Å². The highest BCUT2D eigenvalue weighted by atomic mass is 32.2. The van der Waals surface area contributed by atoms with Crippen molar-refractivity contribution in [1.82, 2.24) is 0 Å². The van der Waals surface area contributed by atoms with Crippen molar-refractivity contribution in [3.05, 3.63) is 87.3 Å². The van der Waals surface area contributed by atoms with Crippen LogP contribution in [0, 0.1) is 10.1 Å². The number of allylic oxidation sites excluding steroid dienone is 2. The molecule has 1 aliphatic rings. The number of hydrogen-bond donors (Lipinski definition) is 0. The van der Waals surface area contributed by atoms with Crippen LogP contribution >= 0.6 is 24.0 Å². The van der Waals surface area contributed by atoms with Crippen molar-refractivity contribution in [2.75, 3.05) is 4.90 Å². The summed E-state index contributed by atoms with van der Waals surface area (Å²) < 4.78 is 0.401. The topological polar surface area (TPSA) is 63.5 Å². The fraction of sp³-hybridized carbons (Fsp3) is 0. The van der Waals surface area contributed by atoms with Gasteiger partial charge in [-0.25, -0.2) is 0 Å². The summed E-state index contributed by atoms with van der Waals surface area (Å²) in [5.41, 5.74) is 1.52. The van der Waals surface area contributed by atoms with Crippen LogP contribution in [0.25, 0.3) is 6.08 Å². The van der Waals surface area contributed by atoms with Gasteiger partial charge in [-0.1, -0.05) is 66.5 Å². The lowest BCUT2D eigenvalue weighted by atomic mass is 10.2. The van der Waals surface area contributed by atoms with E-state index < -0.39 is 4.92 Å². The van der Waals surface area contributed by atoms with Crippen LogP contribution in [0.15, 0.2) is 71.7 Å². The molecule has 124 valence electrons. The third kappa shape index (κ3) is 3.84. The smallest absolute Gasteiger partial charge is 0.268 e. The van der Waals surface area contributed by atoms with Gasteiger partial charge < -0.3 is 0 Å². The molecule has 0 atom stereocenters. The van der Waals surface area contributed by atoms with E-state index in [0.29, 0.717) is 14.9 Å². The molecule has 2 aromatic carbocycles. The summed E-state index contributed by atoms with van der Waals surface area (Å²) in [4.78, 5) is 24.7. The highest BCUT2D eigenvalue weighted by Gasteiger charge is 2.33. The highest BCUT2D eigenvalue weighted by Crippen LogP contribution is 2.35. The summed E-state index contributed by atoms with van der Waals surface area (Å²) in [6.07, 6.45) is 5.42. The average molecular weight is 368 g/mol. The predicted octanol–water partition coefficient (Wildman–Crippen LogP) is 4.56. The maximum absolute atomic E-state index is 12.6. The van der Waals surface area contributed by atoms with E-state index >= 15 is 0 Å². The van der Waals surface area contributed by atoms with Crippen molar-refractivity contribution in [3.63, 3.8) is 0 Å². The number of nitro benzene ring substituents is 1. The third-order valence-corrected chi connectivity index (χ3v) is 4.77. The molecule has 1 saturated heterocycles. The van der Waals surface area contributed by atoms with Gasteiger partial charge in [0.2, 0.25) is 0 Å². The Labute approximate surface area is 153 Å². The van der Waals surface area contributed by atoms with Crippen LogP contribution in [0.1, 0.15) is 5.56 Å². The molecule has 2 aromatic rings. The Bertz CT molecular complexity index is 890. The Kier molecular flexibility index (Phi) is 5.06.